The maximum absolute atomic E-state index is 4.77. The maximum Gasteiger partial charge on any atom is 0.191 e. The lowest BCUT2D eigenvalue weighted by Gasteiger charge is -2.10. The first-order chi connectivity index (χ1) is 9.38. The lowest BCUT2D eigenvalue weighted by molar-refractivity contribution is 0.412. The Labute approximate surface area is 135 Å². The van der Waals surface area contributed by atoms with E-state index in [4.69, 9.17) is 4.52 Å². The van der Waals surface area contributed by atoms with Crippen molar-refractivity contribution in [3.8, 4) is 0 Å². The molecule has 0 amide bonds. The van der Waals surface area contributed by atoms with E-state index in [1.165, 1.54) is 0 Å². The fourth-order valence-electron chi connectivity index (χ4n) is 1.50. The Kier molecular flexibility index (Phi) is 7.63. The molecule has 0 aromatic carbocycles. The van der Waals surface area contributed by atoms with Gasteiger partial charge in [0.25, 0.3) is 0 Å². The van der Waals surface area contributed by atoms with E-state index >= 15 is 0 Å². The zero-order valence-electron chi connectivity index (χ0n) is 11.2. The first kappa shape index (κ1) is 16.4. The van der Waals surface area contributed by atoms with Gasteiger partial charge in [0.05, 0.1) is 18.8 Å². The quantitative estimate of drug-likeness (QED) is 0.466. The molecule has 0 bridgehead atoms. The van der Waals surface area contributed by atoms with E-state index in [2.05, 4.69) is 25.8 Å². The molecule has 2 heterocycles. The molecule has 20 heavy (non-hydrogen) atoms. The number of pyridine rings is 1. The number of halogens is 1. The zero-order chi connectivity index (χ0) is 13.3. The van der Waals surface area contributed by atoms with E-state index in [-0.39, 0.29) is 24.0 Å². The second-order valence-corrected chi connectivity index (χ2v) is 3.86. The summed E-state index contributed by atoms with van der Waals surface area (Å²) in [4.78, 5) is 8.66. The van der Waals surface area contributed by atoms with Gasteiger partial charge in [0, 0.05) is 18.8 Å². The molecule has 0 saturated heterocycles. The highest BCUT2D eigenvalue weighted by atomic mass is 127. The summed E-state index contributed by atoms with van der Waals surface area (Å²) >= 11 is 0. The van der Waals surface area contributed by atoms with Crippen LogP contribution in [0.4, 0.5) is 0 Å². The molecule has 7 heteroatoms. The Morgan fingerprint density at radius 1 is 1.25 bits per heavy atom. The zero-order valence-corrected chi connectivity index (χ0v) is 13.6. The van der Waals surface area contributed by atoms with Gasteiger partial charge in [-0.3, -0.25) is 4.98 Å². The standard InChI is InChI=1S/C13H17N5O.HI/c1-2-14-13(17-10-12-6-8-19-18-12)16-9-11-5-3-4-7-15-11;/h3-8H,2,9-10H2,1H3,(H2,14,16,17);1H. The van der Waals surface area contributed by atoms with E-state index in [0.717, 1.165) is 23.9 Å². The monoisotopic (exact) mass is 387 g/mol. The van der Waals surface area contributed by atoms with Crippen molar-refractivity contribution in [1.82, 2.24) is 20.8 Å². The molecule has 2 rings (SSSR count). The largest absolute Gasteiger partial charge is 0.364 e. The SMILES string of the molecule is CCNC(=NCc1ccon1)NCc1ccccn1.I. The molecular formula is C13H18IN5O. The van der Waals surface area contributed by atoms with Gasteiger partial charge in [-0.15, -0.1) is 24.0 Å². The van der Waals surface area contributed by atoms with Gasteiger partial charge in [-0.2, -0.15) is 0 Å². The molecular weight excluding hydrogens is 369 g/mol. The van der Waals surface area contributed by atoms with Crippen LogP contribution in [0.25, 0.3) is 0 Å². The highest BCUT2D eigenvalue weighted by molar-refractivity contribution is 14.0. The molecule has 0 aliphatic heterocycles. The number of guanidine groups is 1. The molecule has 2 aromatic heterocycles. The molecule has 0 fully saturated rings. The van der Waals surface area contributed by atoms with Crippen molar-refractivity contribution in [1.29, 1.82) is 0 Å². The molecule has 0 saturated carbocycles. The summed E-state index contributed by atoms with van der Waals surface area (Å²) in [6.45, 7) is 3.93. The summed E-state index contributed by atoms with van der Waals surface area (Å²) in [5.74, 6) is 0.733. The third-order valence-corrected chi connectivity index (χ3v) is 2.40. The van der Waals surface area contributed by atoms with Crippen LogP contribution in [-0.4, -0.2) is 22.6 Å². The normalized spacial score (nSPS) is 10.8. The summed E-state index contributed by atoms with van der Waals surface area (Å²) in [5, 5.41) is 10.2. The van der Waals surface area contributed by atoms with Gasteiger partial charge < -0.3 is 15.2 Å². The average Bonchev–Trinajstić information content (AvgIpc) is 2.96. The minimum Gasteiger partial charge on any atom is -0.364 e. The highest BCUT2D eigenvalue weighted by Gasteiger charge is 2.00. The first-order valence-corrected chi connectivity index (χ1v) is 6.20. The van der Waals surface area contributed by atoms with Gasteiger partial charge in [-0.1, -0.05) is 11.2 Å². The van der Waals surface area contributed by atoms with Crippen molar-refractivity contribution in [2.24, 2.45) is 4.99 Å². The van der Waals surface area contributed by atoms with Crippen LogP contribution in [0.15, 0.2) is 46.2 Å². The topological polar surface area (TPSA) is 75.3 Å². The second kappa shape index (κ2) is 9.29. The fourth-order valence-corrected chi connectivity index (χ4v) is 1.50. The van der Waals surface area contributed by atoms with E-state index in [1.54, 1.807) is 18.5 Å². The molecule has 0 aliphatic carbocycles. The van der Waals surface area contributed by atoms with Crippen LogP contribution in [0, 0.1) is 0 Å². The number of hydrogen-bond donors (Lipinski definition) is 2. The fraction of sp³-hybridized carbons (Fsp3) is 0.308. The van der Waals surface area contributed by atoms with Gasteiger partial charge >= 0.3 is 0 Å². The molecule has 0 aliphatic rings. The smallest absolute Gasteiger partial charge is 0.191 e. The number of aliphatic imine (C=N–C) groups is 1. The van der Waals surface area contributed by atoms with Crippen LogP contribution in [-0.2, 0) is 13.1 Å². The Morgan fingerprint density at radius 3 is 2.80 bits per heavy atom. The summed E-state index contributed by atoms with van der Waals surface area (Å²) < 4.78 is 4.77. The highest BCUT2D eigenvalue weighted by Crippen LogP contribution is 1.97. The molecule has 0 spiro atoms. The molecule has 108 valence electrons. The van der Waals surface area contributed by atoms with E-state index in [9.17, 15) is 0 Å². The predicted octanol–water partition coefficient (Wildman–Crippen LogP) is 1.94. The van der Waals surface area contributed by atoms with Crippen LogP contribution >= 0.6 is 24.0 Å². The third-order valence-electron chi connectivity index (χ3n) is 2.40. The second-order valence-electron chi connectivity index (χ2n) is 3.86. The van der Waals surface area contributed by atoms with Crippen molar-refractivity contribution in [2.75, 3.05) is 6.54 Å². The van der Waals surface area contributed by atoms with Crippen LogP contribution < -0.4 is 10.6 Å². The predicted molar refractivity (Wildman–Crippen MR) is 87.8 cm³/mol. The van der Waals surface area contributed by atoms with Gasteiger partial charge in [0.1, 0.15) is 12.0 Å². The minimum absolute atomic E-state index is 0. The van der Waals surface area contributed by atoms with E-state index in [0.29, 0.717) is 13.1 Å². The van der Waals surface area contributed by atoms with Gasteiger partial charge in [-0.05, 0) is 19.1 Å². The average molecular weight is 387 g/mol. The van der Waals surface area contributed by atoms with Gasteiger partial charge in [0.15, 0.2) is 5.96 Å². The van der Waals surface area contributed by atoms with Crippen LogP contribution in [0.5, 0.6) is 0 Å². The van der Waals surface area contributed by atoms with Gasteiger partial charge in [-0.25, -0.2) is 4.99 Å². The Morgan fingerprint density at radius 2 is 2.15 bits per heavy atom. The number of nitrogens with one attached hydrogen (secondary N) is 2. The lowest BCUT2D eigenvalue weighted by Crippen LogP contribution is -2.37. The first-order valence-electron chi connectivity index (χ1n) is 6.20. The van der Waals surface area contributed by atoms with Crippen molar-refractivity contribution in [3.63, 3.8) is 0 Å². The van der Waals surface area contributed by atoms with E-state index < -0.39 is 0 Å². The number of hydrogen-bond acceptors (Lipinski definition) is 4. The van der Waals surface area contributed by atoms with Crippen LogP contribution in [0.3, 0.4) is 0 Å². The van der Waals surface area contributed by atoms with Gasteiger partial charge in [0.2, 0.25) is 0 Å². The third kappa shape index (κ3) is 5.55. The summed E-state index contributed by atoms with van der Waals surface area (Å²) in [5.41, 5.74) is 1.77. The molecule has 6 nitrogen and oxygen atoms in total. The van der Waals surface area contributed by atoms with Crippen molar-refractivity contribution >= 4 is 29.9 Å². The van der Waals surface area contributed by atoms with Crippen LogP contribution in [0.1, 0.15) is 18.3 Å². The van der Waals surface area contributed by atoms with Crippen molar-refractivity contribution in [3.05, 3.63) is 48.1 Å². The Balaban J connectivity index is 0.00000200. The number of nitrogens with zero attached hydrogens (tertiary/aromatic N) is 3. The summed E-state index contributed by atoms with van der Waals surface area (Å²) in [7, 11) is 0. The van der Waals surface area contributed by atoms with Crippen LogP contribution in [0.2, 0.25) is 0 Å². The maximum atomic E-state index is 4.77. The summed E-state index contributed by atoms with van der Waals surface area (Å²) in [6, 6.07) is 7.62. The Hall–Kier alpha value is -1.64. The minimum atomic E-state index is 0. The van der Waals surface area contributed by atoms with E-state index in [1.807, 2.05) is 25.1 Å². The molecule has 0 atom stereocenters. The number of rotatable bonds is 5. The molecule has 0 unspecified atom stereocenters. The molecule has 2 N–H and O–H groups in total. The number of aromatic nitrogens is 2. The van der Waals surface area contributed by atoms with Crippen molar-refractivity contribution in [2.45, 2.75) is 20.0 Å². The summed E-state index contributed by atoms with van der Waals surface area (Å²) in [6.07, 6.45) is 3.32. The Bertz CT molecular complexity index is 501. The molecule has 0 radical (unpaired) electrons. The van der Waals surface area contributed by atoms with Crippen molar-refractivity contribution < 1.29 is 4.52 Å². The molecule has 2 aromatic rings. The lowest BCUT2D eigenvalue weighted by atomic mass is 10.3.